The predicted octanol–water partition coefficient (Wildman–Crippen LogP) is 4.88. The van der Waals surface area contributed by atoms with E-state index in [9.17, 15) is 4.79 Å². The van der Waals surface area contributed by atoms with Gasteiger partial charge in [0.2, 0.25) is 0 Å². The van der Waals surface area contributed by atoms with E-state index in [0.29, 0.717) is 5.69 Å². The summed E-state index contributed by atoms with van der Waals surface area (Å²) in [7, 11) is 1.68. The zero-order chi connectivity index (χ0) is 20.5. The molecule has 2 aliphatic rings. The van der Waals surface area contributed by atoms with Gasteiger partial charge in [-0.05, 0) is 55.9 Å². The number of fused-ring (bicyclic) bond motifs is 2. The van der Waals surface area contributed by atoms with Crippen LogP contribution in [0.5, 0.6) is 5.75 Å². The Labute approximate surface area is 177 Å². The lowest BCUT2D eigenvalue weighted by molar-refractivity contribution is 0.0979. The SMILES string of the molecule is COc1ccc2c(c1)CCCN2C(=O)c1nc(-c2ccccc2)n2c1CCCCC2. The molecule has 0 spiro atoms. The van der Waals surface area contributed by atoms with Crippen molar-refractivity contribution in [2.45, 2.75) is 45.1 Å². The van der Waals surface area contributed by atoms with Crippen LogP contribution in [0.4, 0.5) is 5.69 Å². The lowest BCUT2D eigenvalue weighted by Crippen LogP contribution is -2.36. The highest BCUT2D eigenvalue weighted by Gasteiger charge is 2.30. The Bertz CT molecular complexity index is 1070. The Hall–Kier alpha value is -3.08. The minimum Gasteiger partial charge on any atom is -0.497 e. The number of methoxy groups -OCH3 is 1. The minimum absolute atomic E-state index is 0.0222. The van der Waals surface area contributed by atoms with E-state index >= 15 is 0 Å². The van der Waals surface area contributed by atoms with E-state index in [2.05, 4.69) is 22.8 Å². The molecule has 0 unspecified atom stereocenters. The number of aryl methyl sites for hydroxylation is 1. The fourth-order valence-electron chi connectivity index (χ4n) is 4.74. The van der Waals surface area contributed by atoms with Gasteiger partial charge in [-0.3, -0.25) is 4.79 Å². The topological polar surface area (TPSA) is 47.4 Å². The van der Waals surface area contributed by atoms with Gasteiger partial charge < -0.3 is 14.2 Å². The van der Waals surface area contributed by atoms with Crippen molar-refractivity contribution >= 4 is 11.6 Å². The Morgan fingerprint density at radius 1 is 0.967 bits per heavy atom. The van der Waals surface area contributed by atoms with Gasteiger partial charge in [-0.1, -0.05) is 36.8 Å². The van der Waals surface area contributed by atoms with Crippen molar-refractivity contribution in [3.05, 3.63) is 65.5 Å². The Morgan fingerprint density at radius 3 is 2.67 bits per heavy atom. The van der Waals surface area contributed by atoms with Gasteiger partial charge in [0.05, 0.1) is 12.8 Å². The third kappa shape index (κ3) is 3.28. The first-order chi connectivity index (χ1) is 14.8. The lowest BCUT2D eigenvalue weighted by atomic mass is 10.0. The number of benzene rings is 2. The van der Waals surface area contributed by atoms with Crippen molar-refractivity contribution in [2.24, 2.45) is 0 Å². The fourth-order valence-corrected chi connectivity index (χ4v) is 4.74. The molecule has 1 amide bonds. The summed E-state index contributed by atoms with van der Waals surface area (Å²) in [5.74, 6) is 1.78. The third-order valence-electron chi connectivity index (χ3n) is 6.25. The molecule has 1 aromatic heterocycles. The van der Waals surface area contributed by atoms with E-state index in [1.807, 2.05) is 35.2 Å². The van der Waals surface area contributed by atoms with Crippen LogP contribution in [-0.4, -0.2) is 29.1 Å². The molecule has 0 saturated carbocycles. The van der Waals surface area contributed by atoms with E-state index in [1.54, 1.807) is 7.11 Å². The molecular formula is C25H27N3O2. The zero-order valence-corrected chi connectivity index (χ0v) is 17.4. The minimum atomic E-state index is 0.0222. The van der Waals surface area contributed by atoms with Crippen LogP contribution in [0, 0.1) is 0 Å². The third-order valence-corrected chi connectivity index (χ3v) is 6.25. The first-order valence-electron chi connectivity index (χ1n) is 10.9. The van der Waals surface area contributed by atoms with Crippen molar-refractivity contribution in [1.29, 1.82) is 0 Å². The van der Waals surface area contributed by atoms with Crippen LogP contribution < -0.4 is 9.64 Å². The first-order valence-corrected chi connectivity index (χ1v) is 10.9. The molecule has 5 heteroatoms. The molecule has 2 aromatic carbocycles. The number of hydrogen-bond donors (Lipinski definition) is 0. The van der Waals surface area contributed by atoms with Gasteiger partial charge in [-0.2, -0.15) is 0 Å². The second-order valence-electron chi connectivity index (χ2n) is 8.11. The molecule has 0 N–H and O–H groups in total. The number of imidazole rings is 1. The van der Waals surface area contributed by atoms with E-state index in [4.69, 9.17) is 9.72 Å². The van der Waals surface area contributed by atoms with Gasteiger partial charge in [0.15, 0.2) is 5.69 Å². The Balaban J connectivity index is 1.58. The van der Waals surface area contributed by atoms with E-state index < -0.39 is 0 Å². The summed E-state index contributed by atoms with van der Waals surface area (Å²) in [6, 6.07) is 16.2. The first kappa shape index (κ1) is 18.9. The maximum Gasteiger partial charge on any atom is 0.278 e. The van der Waals surface area contributed by atoms with Crippen LogP contribution in [0.25, 0.3) is 11.4 Å². The predicted molar refractivity (Wildman–Crippen MR) is 118 cm³/mol. The van der Waals surface area contributed by atoms with E-state index in [0.717, 1.165) is 73.7 Å². The fraction of sp³-hybridized carbons (Fsp3) is 0.360. The molecule has 0 fully saturated rings. The monoisotopic (exact) mass is 401 g/mol. The van der Waals surface area contributed by atoms with Crippen molar-refractivity contribution in [3.63, 3.8) is 0 Å². The molecule has 3 aromatic rings. The number of hydrogen-bond acceptors (Lipinski definition) is 3. The number of carbonyl (C=O) groups excluding carboxylic acids is 1. The second kappa shape index (κ2) is 7.98. The Kier molecular flexibility index (Phi) is 5.03. The molecule has 0 radical (unpaired) electrons. The maximum absolute atomic E-state index is 13.8. The van der Waals surface area contributed by atoms with Crippen molar-refractivity contribution in [1.82, 2.24) is 9.55 Å². The number of amides is 1. The Morgan fingerprint density at radius 2 is 1.83 bits per heavy atom. The lowest BCUT2D eigenvalue weighted by Gasteiger charge is -2.29. The summed E-state index contributed by atoms with van der Waals surface area (Å²) >= 11 is 0. The summed E-state index contributed by atoms with van der Waals surface area (Å²) in [5, 5.41) is 0. The van der Waals surface area contributed by atoms with Crippen molar-refractivity contribution in [3.8, 4) is 17.1 Å². The number of rotatable bonds is 3. The van der Waals surface area contributed by atoms with Gasteiger partial charge in [-0.15, -0.1) is 0 Å². The van der Waals surface area contributed by atoms with Crippen molar-refractivity contribution < 1.29 is 9.53 Å². The molecule has 154 valence electrons. The summed E-state index contributed by atoms with van der Waals surface area (Å²) < 4.78 is 7.67. The maximum atomic E-state index is 13.8. The van der Waals surface area contributed by atoms with Gasteiger partial charge >= 0.3 is 0 Å². The largest absolute Gasteiger partial charge is 0.497 e. The highest BCUT2D eigenvalue weighted by molar-refractivity contribution is 6.06. The van der Waals surface area contributed by atoms with Crippen LogP contribution in [-0.2, 0) is 19.4 Å². The summed E-state index contributed by atoms with van der Waals surface area (Å²) in [4.78, 5) is 20.6. The van der Waals surface area contributed by atoms with Crippen molar-refractivity contribution in [2.75, 3.05) is 18.6 Å². The van der Waals surface area contributed by atoms with E-state index in [-0.39, 0.29) is 5.91 Å². The molecule has 5 rings (SSSR count). The quantitative estimate of drug-likeness (QED) is 0.629. The summed E-state index contributed by atoms with van der Waals surface area (Å²) in [6.45, 7) is 1.65. The number of nitrogens with zero attached hydrogens (tertiary/aromatic N) is 3. The number of aromatic nitrogens is 2. The molecule has 0 saturated heterocycles. The van der Waals surface area contributed by atoms with Gasteiger partial charge in [-0.25, -0.2) is 4.98 Å². The molecular weight excluding hydrogens is 374 g/mol. The van der Waals surface area contributed by atoms with Gasteiger partial charge in [0, 0.05) is 24.3 Å². The van der Waals surface area contributed by atoms with Crippen LogP contribution in [0.1, 0.15) is 47.4 Å². The molecule has 3 heterocycles. The summed E-state index contributed by atoms with van der Waals surface area (Å²) in [6.07, 6.45) is 6.25. The number of ether oxygens (including phenoxy) is 1. The normalized spacial score (nSPS) is 15.8. The van der Waals surface area contributed by atoms with Crippen LogP contribution in [0.15, 0.2) is 48.5 Å². The summed E-state index contributed by atoms with van der Waals surface area (Å²) in [5.41, 5.74) is 4.95. The van der Waals surface area contributed by atoms with Gasteiger partial charge in [0.1, 0.15) is 11.6 Å². The standard InChI is InChI=1S/C25H27N3O2/c1-30-20-13-14-21-19(17-20)11-8-16-28(21)25(29)23-22-12-6-3-7-15-27(22)24(26-23)18-9-4-2-5-10-18/h2,4-5,9-10,13-14,17H,3,6-8,11-12,15-16H2,1H3. The van der Waals surface area contributed by atoms with Gasteiger partial charge in [0.25, 0.3) is 5.91 Å². The molecule has 2 aliphatic heterocycles. The smallest absolute Gasteiger partial charge is 0.278 e. The molecule has 0 bridgehead atoms. The van der Waals surface area contributed by atoms with Crippen LogP contribution in [0.2, 0.25) is 0 Å². The van der Waals surface area contributed by atoms with Crippen LogP contribution in [0.3, 0.4) is 0 Å². The molecule has 5 nitrogen and oxygen atoms in total. The highest BCUT2D eigenvalue weighted by atomic mass is 16.5. The molecule has 0 aliphatic carbocycles. The van der Waals surface area contributed by atoms with Crippen LogP contribution >= 0.6 is 0 Å². The molecule has 0 atom stereocenters. The number of carbonyl (C=O) groups is 1. The average Bonchev–Trinajstić information content (AvgIpc) is 2.99. The molecule has 30 heavy (non-hydrogen) atoms. The average molecular weight is 402 g/mol. The second-order valence-corrected chi connectivity index (χ2v) is 8.11. The zero-order valence-electron chi connectivity index (χ0n) is 17.4. The highest BCUT2D eigenvalue weighted by Crippen LogP contribution is 2.33. The van der Waals surface area contributed by atoms with E-state index in [1.165, 1.54) is 12.0 Å². The number of anilines is 1.